The van der Waals surface area contributed by atoms with E-state index in [0.29, 0.717) is 5.69 Å². The Morgan fingerprint density at radius 1 is 1.31 bits per heavy atom. The first-order chi connectivity index (χ1) is 7.55. The lowest BCUT2D eigenvalue weighted by Gasteiger charge is -2.07. The van der Waals surface area contributed by atoms with Gasteiger partial charge in [-0.05, 0) is 12.1 Å². The Bertz CT molecular complexity index is 399. The maximum atomic E-state index is 12.2. The highest BCUT2D eigenvalue weighted by Gasteiger charge is 2.32. The summed E-state index contributed by atoms with van der Waals surface area (Å²) >= 11 is 1.54. The largest absolute Gasteiger partial charge is 0.433 e. The third-order valence-corrected chi connectivity index (χ3v) is 2.78. The van der Waals surface area contributed by atoms with Gasteiger partial charge in [-0.25, -0.2) is 4.98 Å². The number of pyridine rings is 1. The van der Waals surface area contributed by atoms with Gasteiger partial charge in [0, 0.05) is 5.75 Å². The first-order valence-electron chi connectivity index (χ1n) is 4.53. The van der Waals surface area contributed by atoms with Crippen LogP contribution in [0.5, 0.6) is 0 Å². The van der Waals surface area contributed by atoms with Gasteiger partial charge in [0.25, 0.3) is 0 Å². The average molecular weight is 247 g/mol. The summed E-state index contributed by atoms with van der Waals surface area (Å²) in [6.45, 7) is 0.737. The van der Waals surface area contributed by atoms with E-state index >= 15 is 0 Å². The van der Waals surface area contributed by atoms with Crippen LogP contribution in [0, 0.1) is 0 Å². The molecule has 0 fully saturated rings. The average Bonchev–Trinajstić information content (AvgIpc) is 2.70. The van der Waals surface area contributed by atoms with Crippen molar-refractivity contribution in [3.63, 3.8) is 0 Å². The van der Waals surface area contributed by atoms with E-state index in [2.05, 4.69) is 15.3 Å². The normalized spacial score (nSPS) is 16.1. The van der Waals surface area contributed by atoms with Crippen molar-refractivity contribution in [2.75, 3.05) is 17.6 Å². The van der Waals surface area contributed by atoms with Crippen LogP contribution in [-0.4, -0.2) is 22.4 Å². The number of aromatic nitrogens is 1. The van der Waals surface area contributed by atoms with Crippen molar-refractivity contribution >= 4 is 22.6 Å². The van der Waals surface area contributed by atoms with Crippen molar-refractivity contribution < 1.29 is 13.2 Å². The van der Waals surface area contributed by atoms with Crippen LogP contribution in [-0.2, 0) is 6.18 Å². The SMILES string of the molecule is FC(F)(F)c1ccc(NC2=NCCS2)cn1. The fourth-order valence-corrected chi connectivity index (χ4v) is 1.92. The fourth-order valence-electron chi connectivity index (χ4n) is 1.17. The molecule has 2 rings (SSSR count). The molecule has 1 aromatic heterocycles. The molecule has 1 N–H and O–H groups in total. The summed E-state index contributed by atoms with van der Waals surface area (Å²) in [6, 6.07) is 2.29. The van der Waals surface area contributed by atoms with Gasteiger partial charge in [0.05, 0.1) is 18.4 Å². The Kier molecular flexibility index (Phi) is 3.04. The second-order valence-corrected chi connectivity index (χ2v) is 4.17. The minimum absolute atomic E-state index is 0.515. The van der Waals surface area contributed by atoms with Gasteiger partial charge in [-0.1, -0.05) is 11.8 Å². The molecule has 0 bridgehead atoms. The number of alkyl halides is 3. The smallest absolute Gasteiger partial charge is 0.334 e. The van der Waals surface area contributed by atoms with Crippen molar-refractivity contribution in [1.29, 1.82) is 0 Å². The van der Waals surface area contributed by atoms with Crippen molar-refractivity contribution in [2.45, 2.75) is 6.18 Å². The van der Waals surface area contributed by atoms with Crippen LogP contribution < -0.4 is 5.32 Å². The first-order valence-corrected chi connectivity index (χ1v) is 5.52. The molecular formula is C9H8F3N3S. The van der Waals surface area contributed by atoms with Crippen LogP contribution in [0.2, 0.25) is 0 Å². The molecule has 0 atom stereocenters. The molecule has 0 saturated heterocycles. The van der Waals surface area contributed by atoms with Crippen molar-refractivity contribution in [3.8, 4) is 0 Å². The zero-order valence-electron chi connectivity index (χ0n) is 8.08. The Hall–Kier alpha value is -1.24. The lowest BCUT2D eigenvalue weighted by Crippen LogP contribution is -2.09. The molecule has 1 aliphatic heterocycles. The zero-order chi connectivity index (χ0) is 11.6. The van der Waals surface area contributed by atoms with E-state index in [0.717, 1.165) is 29.7 Å². The third kappa shape index (κ3) is 2.66. The molecule has 86 valence electrons. The predicted octanol–water partition coefficient (Wildman–Crippen LogP) is 2.62. The van der Waals surface area contributed by atoms with E-state index < -0.39 is 11.9 Å². The number of anilines is 1. The van der Waals surface area contributed by atoms with E-state index in [-0.39, 0.29) is 0 Å². The number of hydrogen-bond donors (Lipinski definition) is 1. The topological polar surface area (TPSA) is 37.3 Å². The van der Waals surface area contributed by atoms with Crippen LogP contribution >= 0.6 is 11.8 Å². The van der Waals surface area contributed by atoms with Crippen LogP contribution in [0.1, 0.15) is 5.69 Å². The lowest BCUT2D eigenvalue weighted by molar-refractivity contribution is -0.141. The second kappa shape index (κ2) is 4.32. The molecule has 0 aliphatic carbocycles. The Morgan fingerprint density at radius 3 is 2.62 bits per heavy atom. The maximum Gasteiger partial charge on any atom is 0.433 e. The molecule has 0 spiro atoms. The summed E-state index contributed by atoms with van der Waals surface area (Å²) < 4.78 is 36.6. The van der Waals surface area contributed by atoms with Crippen molar-refractivity contribution in [3.05, 3.63) is 24.0 Å². The Morgan fingerprint density at radius 2 is 2.12 bits per heavy atom. The number of nitrogens with one attached hydrogen (secondary N) is 1. The minimum atomic E-state index is -4.39. The van der Waals surface area contributed by atoms with Gasteiger partial charge in [-0.15, -0.1) is 0 Å². The fraction of sp³-hybridized carbons (Fsp3) is 0.333. The molecule has 7 heteroatoms. The number of halogens is 3. The van der Waals surface area contributed by atoms with Crippen LogP contribution in [0.25, 0.3) is 0 Å². The van der Waals surface area contributed by atoms with E-state index in [1.807, 2.05) is 0 Å². The minimum Gasteiger partial charge on any atom is -0.334 e. The molecular weight excluding hydrogens is 239 g/mol. The Balaban J connectivity index is 2.07. The summed E-state index contributed by atoms with van der Waals surface area (Å²) in [7, 11) is 0. The van der Waals surface area contributed by atoms with Gasteiger partial charge in [0.15, 0.2) is 5.17 Å². The standard InChI is InChI=1S/C9H8F3N3S/c10-9(11,12)7-2-1-6(5-14-7)15-8-13-3-4-16-8/h1-2,5H,3-4H2,(H,13,15). The highest BCUT2D eigenvalue weighted by molar-refractivity contribution is 8.14. The predicted molar refractivity (Wildman–Crippen MR) is 57.6 cm³/mol. The molecule has 1 aliphatic rings. The number of rotatable bonds is 1. The molecule has 3 nitrogen and oxygen atoms in total. The van der Waals surface area contributed by atoms with Gasteiger partial charge in [-0.3, -0.25) is 4.99 Å². The van der Waals surface area contributed by atoms with Crippen LogP contribution in [0.4, 0.5) is 18.9 Å². The summed E-state index contributed by atoms with van der Waals surface area (Å²) in [4.78, 5) is 7.46. The zero-order valence-corrected chi connectivity index (χ0v) is 8.90. The highest BCUT2D eigenvalue weighted by Crippen LogP contribution is 2.28. The van der Waals surface area contributed by atoms with Crippen molar-refractivity contribution in [1.82, 2.24) is 4.98 Å². The van der Waals surface area contributed by atoms with Gasteiger partial charge in [0.2, 0.25) is 0 Å². The number of thioether (sulfide) groups is 1. The number of nitrogens with zero attached hydrogens (tertiary/aromatic N) is 2. The quantitative estimate of drug-likeness (QED) is 0.828. The number of aliphatic imine (C=N–C) groups is 1. The van der Waals surface area contributed by atoms with Gasteiger partial charge >= 0.3 is 6.18 Å². The summed E-state index contributed by atoms with van der Waals surface area (Å²) in [5.74, 6) is 0.899. The molecule has 0 unspecified atom stereocenters. The van der Waals surface area contributed by atoms with Gasteiger partial charge in [0.1, 0.15) is 5.69 Å². The number of hydrogen-bond acceptors (Lipinski definition) is 4. The summed E-state index contributed by atoms with van der Waals surface area (Å²) in [5.41, 5.74) is -0.375. The highest BCUT2D eigenvalue weighted by atomic mass is 32.2. The molecule has 0 radical (unpaired) electrons. The molecule has 1 aromatic rings. The maximum absolute atomic E-state index is 12.2. The third-order valence-electron chi connectivity index (χ3n) is 1.89. The summed E-state index contributed by atoms with van der Waals surface area (Å²) in [5, 5.41) is 3.63. The van der Waals surface area contributed by atoms with E-state index in [1.54, 1.807) is 0 Å². The Labute approximate surface area is 94.2 Å². The molecule has 16 heavy (non-hydrogen) atoms. The second-order valence-electron chi connectivity index (χ2n) is 3.09. The summed E-state index contributed by atoms with van der Waals surface area (Å²) in [6.07, 6.45) is -3.23. The number of amidine groups is 1. The molecule has 0 amide bonds. The molecule has 0 saturated carbocycles. The van der Waals surface area contributed by atoms with Crippen molar-refractivity contribution in [2.24, 2.45) is 4.99 Å². The lowest BCUT2D eigenvalue weighted by atomic mass is 10.3. The monoisotopic (exact) mass is 247 g/mol. The van der Waals surface area contributed by atoms with E-state index in [4.69, 9.17) is 0 Å². The van der Waals surface area contributed by atoms with Crippen LogP contribution in [0.15, 0.2) is 23.3 Å². The van der Waals surface area contributed by atoms with Gasteiger partial charge < -0.3 is 5.32 Å². The van der Waals surface area contributed by atoms with Crippen LogP contribution in [0.3, 0.4) is 0 Å². The molecule has 2 heterocycles. The van der Waals surface area contributed by atoms with E-state index in [1.165, 1.54) is 17.8 Å². The van der Waals surface area contributed by atoms with E-state index in [9.17, 15) is 13.2 Å². The molecule has 0 aromatic carbocycles. The first kappa shape index (κ1) is 11.3. The van der Waals surface area contributed by atoms with Gasteiger partial charge in [-0.2, -0.15) is 13.2 Å².